The Balaban J connectivity index is 1.52. The molecule has 0 aliphatic rings. The van der Waals surface area contributed by atoms with Gasteiger partial charge < -0.3 is 13.9 Å². The van der Waals surface area contributed by atoms with Gasteiger partial charge in [0.1, 0.15) is 35.8 Å². The number of hydrogen-bond donors (Lipinski definition) is 0. The summed E-state index contributed by atoms with van der Waals surface area (Å²) in [5.41, 5.74) is 2.18. The third-order valence-electron chi connectivity index (χ3n) is 4.59. The second-order valence-corrected chi connectivity index (χ2v) is 6.60. The molecule has 4 aromatic rings. The molecule has 0 fully saturated rings. The van der Waals surface area contributed by atoms with E-state index in [1.54, 1.807) is 30.3 Å². The van der Waals surface area contributed by atoms with Gasteiger partial charge in [-0.3, -0.25) is 4.79 Å². The van der Waals surface area contributed by atoms with E-state index in [1.165, 1.54) is 24.0 Å². The van der Waals surface area contributed by atoms with E-state index in [9.17, 15) is 9.18 Å². The fourth-order valence-corrected chi connectivity index (χ4v) is 2.92. The van der Waals surface area contributed by atoms with Crippen molar-refractivity contribution in [3.8, 4) is 17.2 Å². The highest BCUT2D eigenvalue weighted by Gasteiger charge is 2.10. The van der Waals surface area contributed by atoms with Crippen LogP contribution in [0.15, 0.2) is 82.2 Å². The zero-order chi connectivity index (χ0) is 20.2. The lowest BCUT2D eigenvalue weighted by atomic mass is 10.2. The number of halogens is 1. The molecule has 4 nitrogen and oxygen atoms in total. The summed E-state index contributed by atoms with van der Waals surface area (Å²) in [6, 6.07) is 18.7. The van der Waals surface area contributed by atoms with Gasteiger partial charge in [0.05, 0.1) is 5.39 Å². The van der Waals surface area contributed by atoms with Crippen LogP contribution >= 0.6 is 0 Å². The minimum atomic E-state index is -0.291. The number of benzene rings is 3. The molecule has 146 valence electrons. The fourth-order valence-electron chi connectivity index (χ4n) is 2.92. The maximum Gasteiger partial charge on any atom is 0.235 e. The Morgan fingerprint density at radius 1 is 0.897 bits per heavy atom. The molecule has 0 bridgehead atoms. The summed E-state index contributed by atoms with van der Waals surface area (Å²) in [5, 5.41) is 0.404. The van der Waals surface area contributed by atoms with Gasteiger partial charge in [0, 0.05) is 6.07 Å². The van der Waals surface area contributed by atoms with E-state index in [1.807, 2.05) is 24.3 Å². The summed E-state index contributed by atoms with van der Waals surface area (Å²) in [7, 11) is 0. The van der Waals surface area contributed by atoms with Gasteiger partial charge in [-0.2, -0.15) is 0 Å². The van der Waals surface area contributed by atoms with E-state index in [0.717, 1.165) is 12.0 Å². The average molecular weight is 390 g/mol. The van der Waals surface area contributed by atoms with Gasteiger partial charge in [-0.15, -0.1) is 0 Å². The quantitative estimate of drug-likeness (QED) is 0.413. The Kier molecular flexibility index (Phi) is 5.29. The van der Waals surface area contributed by atoms with Gasteiger partial charge in [-0.1, -0.05) is 31.2 Å². The minimum absolute atomic E-state index is 0.127. The molecule has 0 amide bonds. The molecule has 1 heterocycles. The van der Waals surface area contributed by atoms with Gasteiger partial charge in [-0.25, -0.2) is 4.39 Å². The molecular formula is C24H19FO4. The smallest absolute Gasteiger partial charge is 0.235 e. The Bertz CT molecular complexity index is 1180. The van der Waals surface area contributed by atoms with Crippen LogP contribution in [0.2, 0.25) is 0 Å². The van der Waals surface area contributed by atoms with Crippen LogP contribution in [-0.2, 0) is 13.0 Å². The Labute approximate surface area is 167 Å². The zero-order valence-corrected chi connectivity index (χ0v) is 15.9. The molecule has 0 aliphatic carbocycles. The van der Waals surface area contributed by atoms with Gasteiger partial charge >= 0.3 is 0 Å². The van der Waals surface area contributed by atoms with Gasteiger partial charge in [-0.05, 0) is 53.9 Å². The first kappa shape index (κ1) is 18.7. The van der Waals surface area contributed by atoms with Gasteiger partial charge in [0.25, 0.3) is 0 Å². The van der Waals surface area contributed by atoms with Crippen LogP contribution in [0.25, 0.3) is 11.0 Å². The van der Waals surface area contributed by atoms with Crippen molar-refractivity contribution in [3.63, 3.8) is 0 Å². The van der Waals surface area contributed by atoms with Crippen molar-refractivity contribution in [1.82, 2.24) is 0 Å². The number of rotatable bonds is 6. The lowest BCUT2D eigenvalue weighted by molar-refractivity contribution is 0.306. The Morgan fingerprint density at radius 2 is 1.59 bits per heavy atom. The van der Waals surface area contributed by atoms with Crippen molar-refractivity contribution in [2.75, 3.05) is 0 Å². The molecule has 0 saturated heterocycles. The van der Waals surface area contributed by atoms with Crippen LogP contribution in [-0.4, -0.2) is 0 Å². The highest BCUT2D eigenvalue weighted by atomic mass is 19.1. The van der Waals surface area contributed by atoms with E-state index in [-0.39, 0.29) is 23.6 Å². The maximum absolute atomic E-state index is 13.0. The Morgan fingerprint density at radius 3 is 2.31 bits per heavy atom. The van der Waals surface area contributed by atoms with E-state index in [2.05, 4.69) is 6.92 Å². The second-order valence-electron chi connectivity index (χ2n) is 6.60. The van der Waals surface area contributed by atoms with Crippen molar-refractivity contribution in [2.24, 2.45) is 0 Å². The standard InChI is InChI=1S/C24H19FO4/c1-2-16-5-9-19(10-6-16)29-23-15-28-22-13-20(11-12-21(22)24(23)26)27-14-17-3-7-18(25)8-4-17/h3-13,15H,2,14H2,1H3. The third kappa shape index (κ3) is 4.29. The largest absolute Gasteiger partial charge is 0.489 e. The second kappa shape index (κ2) is 8.19. The molecule has 3 aromatic carbocycles. The predicted molar refractivity (Wildman–Crippen MR) is 109 cm³/mol. The predicted octanol–water partition coefficient (Wildman–Crippen LogP) is 5.87. The van der Waals surface area contributed by atoms with Crippen LogP contribution < -0.4 is 14.9 Å². The van der Waals surface area contributed by atoms with E-state index in [4.69, 9.17) is 13.9 Å². The van der Waals surface area contributed by atoms with Crippen molar-refractivity contribution in [3.05, 3.63) is 100 Å². The average Bonchev–Trinajstić information content (AvgIpc) is 2.76. The first-order valence-corrected chi connectivity index (χ1v) is 9.32. The topological polar surface area (TPSA) is 48.7 Å². The lowest BCUT2D eigenvalue weighted by Gasteiger charge is -2.08. The van der Waals surface area contributed by atoms with Crippen molar-refractivity contribution < 1.29 is 18.3 Å². The number of ether oxygens (including phenoxy) is 2. The summed E-state index contributed by atoms with van der Waals surface area (Å²) in [6.07, 6.45) is 2.24. The molecule has 0 saturated carbocycles. The molecule has 0 spiro atoms. The van der Waals surface area contributed by atoms with E-state index < -0.39 is 0 Å². The minimum Gasteiger partial charge on any atom is -0.489 e. The molecule has 0 N–H and O–H groups in total. The van der Waals surface area contributed by atoms with Gasteiger partial charge in [0.2, 0.25) is 11.2 Å². The zero-order valence-electron chi connectivity index (χ0n) is 15.9. The van der Waals surface area contributed by atoms with Crippen molar-refractivity contribution in [2.45, 2.75) is 20.0 Å². The molecule has 0 atom stereocenters. The summed E-state index contributed by atoms with van der Waals surface area (Å²) in [6.45, 7) is 2.36. The molecule has 0 aliphatic heterocycles. The van der Waals surface area contributed by atoms with E-state index in [0.29, 0.717) is 22.5 Å². The molecule has 4 rings (SSSR count). The van der Waals surface area contributed by atoms with E-state index >= 15 is 0 Å². The SMILES string of the molecule is CCc1ccc(Oc2coc3cc(OCc4ccc(F)cc4)ccc3c2=O)cc1. The molecule has 0 radical (unpaired) electrons. The fraction of sp³-hybridized carbons (Fsp3) is 0.125. The first-order valence-electron chi connectivity index (χ1n) is 9.32. The van der Waals surface area contributed by atoms with Crippen LogP contribution in [0, 0.1) is 5.82 Å². The van der Waals surface area contributed by atoms with Crippen molar-refractivity contribution in [1.29, 1.82) is 0 Å². The third-order valence-corrected chi connectivity index (χ3v) is 4.59. The summed E-state index contributed by atoms with van der Waals surface area (Å²) in [5.74, 6) is 0.962. The van der Waals surface area contributed by atoms with Crippen LogP contribution in [0.1, 0.15) is 18.1 Å². The van der Waals surface area contributed by atoms with Crippen LogP contribution in [0.3, 0.4) is 0 Å². The molecular weight excluding hydrogens is 371 g/mol. The number of aryl methyl sites for hydroxylation is 1. The van der Waals surface area contributed by atoms with Crippen molar-refractivity contribution >= 4 is 11.0 Å². The maximum atomic E-state index is 13.0. The summed E-state index contributed by atoms with van der Waals surface area (Å²) >= 11 is 0. The summed E-state index contributed by atoms with van der Waals surface area (Å²) < 4.78 is 30.0. The number of fused-ring (bicyclic) bond motifs is 1. The highest BCUT2D eigenvalue weighted by molar-refractivity contribution is 5.79. The number of hydrogen-bond acceptors (Lipinski definition) is 4. The monoisotopic (exact) mass is 390 g/mol. The molecule has 1 aromatic heterocycles. The lowest BCUT2D eigenvalue weighted by Crippen LogP contribution is -2.05. The Hall–Kier alpha value is -3.60. The van der Waals surface area contributed by atoms with Crippen LogP contribution in [0.5, 0.6) is 17.2 Å². The molecule has 0 unspecified atom stereocenters. The highest BCUT2D eigenvalue weighted by Crippen LogP contribution is 2.25. The normalized spacial score (nSPS) is 10.8. The molecule has 29 heavy (non-hydrogen) atoms. The summed E-state index contributed by atoms with van der Waals surface area (Å²) in [4.78, 5) is 12.7. The van der Waals surface area contributed by atoms with Gasteiger partial charge in [0.15, 0.2) is 0 Å². The molecule has 5 heteroatoms. The van der Waals surface area contributed by atoms with Crippen LogP contribution in [0.4, 0.5) is 4.39 Å². The first-order chi connectivity index (χ1) is 14.1.